The number of rotatable bonds is 5. The average Bonchev–Trinajstić information content (AvgIpc) is 3.44. The minimum Gasteiger partial charge on any atom is -0.479 e. The highest BCUT2D eigenvalue weighted by Crippen LogP contribution is 2.32. The minimum atomic E-state index is -1.09. The molecule has 2 N–H and O–H groups in total. The third-order valence-corrected chi connectivity index (χ3v) is 4.70. The van der Waals surface area contributed by atoms with Crippen LogP contribution in [-0.2, 0) is 14.4 Å². The summed E-state index contributed by atoms with van der Waals surface area (Å²) >= 11 is 0. The lowest BCUT2D eigenvalue weighted by Crippen LogP contribution is -2.47. The van der Waals surface area contributed by atoms with Crippen LogP contribution in [0.4, 0.5) is 0 Å². The van der Waals surface area contributed by atoms with Crippen molar-refractivity contribution in [3.8, 4) is 0 Å². The number of hydrogen-bond donors (Lipinski definition) is 2. The second-order valence-corrected chi connectivity index (χ2v) is 6.59. The highest BCUT2D eigenvalue weighted by atomic mass is 16.4. The van der Waals surface area contributed by atoms with Gasteiger partial charge in [0.05, 0.1) is 5.92 Å². The largest absolute Gasteiger partial charge is 0.479 e. The lowest BCUT2D eigenvalue weighted by molar-refractivity contribution is -0.144. The lowest BCUT2D eigenvalue weighted by Gasteiger charge is -2.32. The van der Waals surface area contributed by atoms with Crippen molar-refractivity contribution in [3.63, 3.8) is 0 Å². The number of nitrogens with one attached hydrogen (secondary N) is 1. The van der Waals surface area contributed by atoms with Crippen LogP contribution in [0.1, 0.15) is 37.3 Å². The molecule has 2 amide bonds. The number of hydrogen-bond acceptors (Lipinski definition) is 3. The summed E-state index contributed by atoms with van der Waals surface area (Å²) in [6.07, 6.45) is 3.35. The van der Waals surface area contributed by atoms with Crippen LogP contribution in [0.2, 0.25) is 0 Å². The molecule has 2 fully saturated rings. The highest BCUT2D eigenvalue weighted by molar-refractivity contribution is 5.87. The quantitative estimate of drug-likeness (QED) is 0.858. The first-order chi connectivity index (χ1) is 11.6. The van der Waals surface area contributed by atoms with Crippen LogP contribution in [0.15, 0.2) is 30.3 Å². The first kappa shape index (κ1) is 16.5. The van der Waals surface area contributed by atoms with E-state index >= 15 is 0 Å². The first-order valence-electron chi connectivity index (χ1n) is 8.43. The lowest BCUT2D eigenvalue weighted by atomic mass is 9.95. The van der Waals surface area contributed by atoms with E-state index in [1.807, 2.05) is 0 Å². The van der Waals surface area contributed by atoms with Crippen LogP contribution in [0.5, 0.6) is 0 Å². The van der Waals surface area contributed by atoms with Crippen molar-refractivity contribution in [2.75, 3.05) is 13.1 Å². The van der Waals surface area contributed by atoms with Gasteiger partial charge in [0.2, 0.25) is 11.8 Å². The second kappa shape index (κ2) is 7.03. The maximum Gasteiger partial charge on any atom is 0.330 e. The van der Waals surface area contributed by atoms with E-state index in [2.05, 4.69) is 5.32 Å². The van der Waals surface area contributed by atoms with E-state index in [9.17, 15) is 19.5 Å². The SMILES string of the molecule is O=C(N[C@H](C(=O)O)c1ccccc1)C1CCCN(C(=O)C2CC2)C1. The number of carboxylic acids is 1. The maximum atomic E-state index is 12.5. The zero-order chi connectivity index (χ0) is 17.1. The van der Waals surface area contributed by atoms with Crippen LogP contribution >= 0.6 is 0 Å². The molecule has 0 aromatic heterocycles. The van der Waals surface area contributed by atoms with Gasteiger partial charge in [-0.05, 0) is 31.2 Å². The van der Waals surface area contributed by atoms with Crippen molar-refractivity contribution >= 4 is 17.8 Å². The van der Waals surface area contributed by atoms with E-state index in [1.54, 1.807) is 35.2 Å². The third kappa shape index (κ3) is 3.75. The zero-order valence-electron chi connectivity index (χ0n) is 13.5. The van der Waals surface area contributed by atoms with Crippen LogP contribution in [-0.4, -0.2) is 40.9 Å². The van der Waals surface area contributed by atoms with Crippen molar-refractivity contribution in [1.82, 2.24) is 10.2 Å². The monoisotopic (exact) mass is 330 g/mol. The standard InChI is InChI=1S/C18H22N2O4/c21-16(19-15(18(23)24)12-5-2-1-3-6-12)14-7-4-10-20(11-14)17(22)13-8-9-13/h1-3,5-6,13-15H,4,7-11H2,(H,19,21)(H,23,24)/t14?,15-/m0/s1. The number of carbonyl (C=O) groups excluding carboxylic acids is 2. The molecule has 1 aliphatic carbocycles. The molecule has 1 unspecified atom stereocenters. The van der Waals surface area contributed by atoms with E-state index in [0.717, 1.165) is 19.3 Å². The fourth-order valence-corrected chi connectivity index (χ4v) is 3.17. The Morgan fingerprint density at radius 2 is 1.79 bits per heavy atom. The molecule has 1 saturated carbocycles. The van der Waals surface area contributed by atoms with Crippen molar-refractivity contribution in [2.45, 2.75) is 31.7 Å². The van der Waals surface area contributed by atoms with E-state index in [4.69, 9.17) is 0 Å². The summed E-state index contributed by atoms with van der Waals surface area (Å²) in [4.78, 5) is 38.0. The van der Waals surface area contributed by atoms with Crippen molar-refractivity contribution in [2.24, 2.45) is 11.8 Å². The number of carbonyl (C=O) groups is 3. The van der Waals surface area contributed by atoms with Crippen molar-refractivity contribution in [1.29, 1.82) is 0 Å². The molecule has 1 aliphatic heterocycles. The average molecular weight is 330 g/mol. The van der Waals surface area contributed by atoms with E-state index in [-0.39, 0.29) is 23.7 Å². The predicted octanol–water partition coefficient (Wildman–Crippen LogP) is 1.58. The normalized spacial score (nSPS) is 21.8. The molecule has 6 heteroatoms. The number of amides is 2. The van der Waals surface area contributed by atoms with E-state index in [0.29, 0.717) is 25.1 Å². The van der Waals surface area contributed by atoms with Crippen molar-refractivity contribution in [3.05, 3.63) is 35.9 Å². The summed E-state index contributed by atoms with van der Waals surface area (Å²) in [5.41, 5.74) is 0.542. The molecule has 1 saturated heterocycles. The Hall–Kier alpha value is -2.37. The summed E-state index contributed by atoms with van der Waals surface area (Å²) in [7, 11) is 0. The zero-order valence-corrected chi connectivity index (χ0v) is 13.5. The highest BCUT2D eigenvalue weighted by Gasteiger charge is 2.37. The van der Waals surface area contributed by atoms with E-state index < -0.39 is 12.0 Å². The number of benzene rings is 1. The maximum absolute atomic E-state index is 12.5. The molecule has 3 rings (SSSR count). The number of carboxylic acid groups (broad SMARTS) is 1. The summed E-state index contributed by atoms with van der Waals surface area (Å²) in [5, 5.41) is 12.0. The van der Waals surface area contributed by atoms with Gasteiger partial charge in [0, 0.05) is 19.0 Å². The molecule has 0 spiro atoms. The van der Waals surface area contributed by atoms with Crippen LogP contribution in [0.3, 0.4) is 0 Å². The molecule has 0 radical (unpaired) electrons. The fraction of sp³-hybridized carbons (Fsp3) is 0.500. The van der Waals surface area contributed by atoms with Gasteiger partial charge in [-0.3, -0.25) is 9.59 Å². The van der Waals surface area contributed by atoms with Crippen LogP contribution in [0, 0.1) is 11.8 Å². The van der Waals surface area contributed by atoms with Gasteiger partial charge in [0.1, 0.15) is 0 Å². The molecule has 2 aliphatic rings. The molecule has 24 heavy (non-hydrogen) atoms. The molecule has 1 heterocycles. The molecular weight excluding hydrogens is 308 g/mol. The number of nitrogens with zero attached hydrogens (tertiary/aromatic N) is 1. The molecule has 1 aromatic rings. The Morgan fingerprint density at radius 1 is 1.08 bits per heavy atom. The minimum absolute atomic E-state index is 0.142. The third-order valence-electron chi connectivity index (χ3n) is 4.70. The van der Waals surface area contributed by atoms with Crippen LogP contribution in [0.25, 0.3) is 0 Å². The van der Waals surface area contributed by atoms with Gasteiger partial charge in [-0.1, -0.05) is 30.3 Å². The smallest absolute Gasteiger partial charge is 0.330 e. The number of aliphatic carboxylic acids is 1. The molecule has 2 atom stereocenters. The molecule has 6 nitrogen and oxygen atoms in total. The van der Waals surface area contributed by atoms with E-state index in [1.165, 1.54) is 0 Å². The fourth-order valence-electron chi connectivity index (χ4n) is 3.17. The van der Waals surface area contributed by atoms with Gasteiger partial charge in [0.25, 0.3) is 0 Å². The van der Waals surface area contributed by atoms with Gasteiger partial charge in [-0.2, -0.15) is 0 Å². The Bertz CT molecular complexity index is 627. The molecule has 1 aromatic carbocycles. The summed E-state index contributed by atoms with van der Waals surface area (Å²) < 4.78 is 0. The molecule has 128 valence electrons. The Kier molecular flexibility index (Phi) is 4.83. The Balaban J connectivity index is 1.64. The summed E-state index contributed by atoms with van der Waals surface area (Å²) in [5.74, 6) is -1.43. The van der Waals surface area contributed by atoms with Gasteiger partial charge in [-0.15, -0.1) is 0 Å². The first-order valence-corrected chi connectivity index (χ1v) is 8.43. The van der Waals surface area contributed by atoms with Gasteiger partial charge < -0.3 is 15.3 Å². The van der Waals surface area contributed by atoms with Gasteiger partial charge in [-0.25, -0.2) is 4.79 Å². The Morgan fingerprint density at radius 3 is 2.42 bits per heavy atom. The Labute approximate surface area is 140 Å². The van der Waals surface area contributed by atoms with Crippen molar-refractivity contribution < 1.29 is 19.5 Å². The predicted molar refractivity (Wildman–Crippen MR) is 87.0 cm³/mol. The van der Waals surface area contributed by atoms with Crippen LogP contribution < -0.4 is 5.32 Å². The topological polar surface area (TPSA) is 86.7 Å². The molecule has 0 bridgehead atoms. The summed E-state index contributed by atoms with van der Waals surface area (Å²) in [6, 6.07) is 7.59. The summed E-state index contributed by atoms with van der Waals surface area (Å²) in [6.45, 7) is 1.09. The second-order valence-electron chi connectivity index (χ2n) is 6.59. The number of piperidine rings is 1. The molecular formula is C18H22N2O4. The van der Waals surface area contributed by atoms with Gasteiger partial charge in [0.15, 0.2) is 6.04 Å². The van der Waals surface area contributed by atoms with Gasteiger partial charge >= 0.3 is 5.97 Å². The number of likely N-dealkylation sites (tertiary alicyclic amines) is 1.